The van der Waals surface area contributed by atoms with Crippen molar-refractivity contribution < 1.29 is 9.84 Å². The first-order chi connectivity index (χ1) is 13.5. The Balaban J connectivity index is 1.80. The molecule has 0 spiro atoms. The predicted molar refractivity (Wildman–Crippen MR) is 113 cm³/mol. The van der Waals surface area contributed by atoms with Crippen LogP contribution in [0.25, 0.3) is 0 Å². The quantitative estimate of drug-likeness (QED) is 0.530. The van der Waals surface area contributed by atoms with Crippen molar-refractivity contribution in [1.29, 1.82) is 0 Å². The van der Waals surface area contributed by atoms with Gasteiger partial charge in [0.05, 0.1) is 5.02 Å². The van der Waals surface area contributed by atoms with E-state index in [0.717, 1.165) is 22.0 Å². The Kier molecular flexibility index (Phi) is 4.10. The first kappa shape index (κ1) is 18.2. The monoisotopic (exact) mass is 455 g/mol. The van der Waals surface area contributed by atoms with E-state index in [-0.39, 0.29) is 11.8 Å². The summed E-state index contributed by atoms with van der Waals surface area (Å²) in [6, 6.07) is 20.1. The number of benzene rings is 2. The first-order valence-corrected chi connectivity index (χ1v) is 10.5. The highest BCUT2D eigenvalue weighted by Gasteiger charge is 2.72. The zero-order valence-electron chi connectivity index (χ0n) is 15.3. The van der Waals surface area contributed by atoms with Crippen LogP contribution in [0.1, 0.15) is 36.1 Å². The predicted octanol–water partition coefficient (Wildman–Crippen LogP) is 5.80. The number of ether oxygens (including phenoxy) is 1. The molecule has 142 valence electrons. The fourth-order valence-electron chi connectivity index (χ4n) is 5.07. The van der Waals surface area contributed by atoms with Crippen molar-refractivity contribution in [2.45, 2.75) is 30.5 Å². The summed E-state index contributed by atoms with van der Waals surface area (Å²) >= 11 is 9.71. The molecule has 1 aliphatic carbocycles. The normalized spacial score (nSPS) is 30.6. The van der Waals surface area contributed by atoms with Gasteiger partial charge in [-0.3, -0.25) is 4.98 Å². The van der Waals surface area contributed by atoms with E-state index in [4.69, 9.17) is 16.3 Å². The number of fused-ring (bicyclic) bond motifs is 3. The van der Waals surface area contributed by atoms with Crippen LogP contribution < -0.4 is 4.74 Å². The largest absolute Gasteiger partial charge is 0.476 e. The van der Waals surface area contributed by atoms with Crippen LogP contribution in [-0.4, -0.2) is 10.1 Å². The van der Waals surface area contributed by atoms with Gasteiger partial charge in [-0.05, 0) is 35.6 Å². The summed E-state index contributed by atoms with van der Waals surface area (Å²) in [5.41, 5.74) is 0.443. The van der Waals surface area contributed by atoms with E-state index in [0.29, 0.717) is 16.5 Å². The molecule has 0 amide bonds. The van der Waals surface area contributed by atoms with Gasteiger partial charge in [-0.25, -0.2) is 0 Å². The molecule has 2 aromatic carbocycles. The zero-order valence-corrected chi connectivity index (χ0v) is 17.6. The van der Waals surface area contributed by atoms with Crippen molar-refractivity contribution >= 4 is 27.5 Å². The van der Waals surface area contributed by atoms with Gasteiger partial charge in [0.15, 0.2) is 11.2 Å². The molecule has 1 unspecified atom stereocenters. The molecule has 0 saturated heterocycles. The molecule has 1 N–H and O–H groups in total. The maximum absolute atomic E-state index is 12.2. The number of hydrogen-bond donors (Lipinski definition) is 1. The van der Waals surface area contributed by atoms with Gasteiger partial charge in [0.2, 0.25) is 0 Å². The lowest BCUT2D eigenvalue weighted by molar-refractivity contribution is -0.126. The minimum absolute atomic E-state index is 0.0251. The Morgan fingerprint density at radius 2 is 1.86 bits per heavy atom. The molecular formula is C23H19BrClNO2. The molecule has 5 rings (SSSR count). The molecule has 0 radical (unpaired) electrons. The Morgan fingerprint density at radius 1 is 1.14 bits per heavy atom. The van der Waals surface area contributed by atoms with Crippen molar-refractivity contribution in [3.63, 3.8) is 0 Å². The Hall–Kier alpha value is -1.88. The van der Waals surface area contributed by atoms with Gasteiger partial charge in [0, 0.05) is 22.7 Å². The lowest BCUT2D eigenvalue weighted by Gasteiger charge is -2.40. The van der Waals surface area contributed by atoms with Gasteiger partial charge >= 0.3 is 0 Å². The molecule has 5 heteroatoms. The van der Waals surface area contributed by atoms with Gasteiger partial charge in [-0.15, -0.1) is 0 Å². The summed E-state index contributed by atoms with van der Waals surface area (Å²) in [5, 5.41) is 12.7. The van der Waals surface area contributed by atoms with Crippen LogP contribution in [0.4, 0.5) is 0 Å². The van der Waals surface area contributed by atoms with E-state index in [1.54, 1.807) is 12.3 Å². The molecule has 3 nitrogen and oxygen atoms in total. The molecule has 2 heterocycles. The molecule has 1 aromatic heterocycles. The number of hydrogen-bond acceptors (Lipinski definition) is 3. The lowest BCUT2D eigenvalue weighted by atomic mass is 9.71. The SMILES string of the molecule is CC1C[C@@H](c2ccccc2)[C@]2(c3ccc(Br)cc3)Oc3cc(Cl)cnc3[C@]12O. The summed E-state index contributed by atoms with van der Waals surface area (Å²) in [7, 11) is 0. The molecule has 1 aliphatic heterocycles. The average molecular weight is 457 g/mol. The molecule has 1 saturated carbocycles. The van der Waals surface area contributed by atoms with Gasteiger partial charge in [-0.2, -0.15) is 0 Å². The molecule has 2 aliphatic rings. The summed E-state index contributed by atoms with van der Waals surface area (Å²) in [4.78, 5) is 4.52. The molecule has 3 aromatic rings. The first-order valence-electron chi connectivity index (χ1n) is 9.35. The van der Waals surface area contributed by atoms with Crippen LogP contribution in [0.3, 0.4) is 0 Å². The standard InChI is InChI=1S/C23H19BrClNO2/c1-14-11-19(15-5-3-2-4-6-15)23(16-7-9-17(24)10-8-16)22(14,27)21-20(28-23)12-18(25)13-26-21/h2-10,12-14,19,27H,11H2,1H3/t14?,19-,22+,23-/m0/s1. The molecular weight excluding hydrogens is 438 g/mol. The maximum Gasteiger partial charge on any atom is 0.175 e. The van der Waals surface area contributed by atoms with Gasteiger partial charge in [0.25, 0.3) is 0 Å². The maximum atomic E-state index is 12.2. The molecule has 28 heavy (non-hydrogen) atoms. The second-order valence-corrected chi connectivity index (χ2v) is 9.06. The second kappa shape index (κ2) is 6.31. The highest BCUT2D eigenvalue weighted by Crippen LogP contribution is 2.68. The third-order valence-electron chi connectivity index (χ3n) is 6.29. The van der Waals surface area contributed by atoms with Gasteiger partial charge in [-0.1, -0.05) is 76.9 Å². The number of halogens is 2. The number of pyridine rings is 1. The van der Waals surface area contributed by atoms with E-state index < -0.39 is 11.2 Å². The third-order valence-corrected chi connectivity index (χ3v) is 7.02. The minimum Gasteiger partial charge on any atom is -0.476 e. The Labute approximate surface area is 177 Å². The van der Waals surface area contributed by atoms with Crippen LogP contribution in [0, 0.1) is 5.92 Å². The number of aromatic nitrogens is 1. The van der Waals surface area contributed by atoms with E-state index >= 15 is 0 Å². The van der Waals surface area contributed by atoms with Crippen molar-refractivity contribution in [2.75, 3.05) is 0 Å². The lowest BCUT2D eigenvalue weighted by Crippen LogP contribution is -2.50. The fraction of sp³-hybridized carbons (Fsp3) is 0.261. The van der Waals surface area contributed by atoms with Gasteiger partial charge in [0.1, 0.15) is 11.4 Å². The van der Waals surface area contributed by atoms with Crippen molar-refractivity contribution in [3.8, 4) is 5.75 Å². The summed E-state index contributed by atoms with van der Waals surface area (Å²) in [6.07, 6.45) is 2.38. The second-order valence-electron chi connectivity index (χ2n) is 7.71. The number of nitrogens with zero attached hydrogens (tertiary/aromatic N) is 1. The highest BCUT2D eigenvalue weighted by molar-refractivity contribution is 9.10. The molecule has 1 fully saturated rings. The summed E-state index contributed by atoms with van der Waals surface area (Å²) < 4.78 is 7.64. The Bertz CT molecular complexity index is 1040. The average Bonchev–Trinajstić information content (AvgIpc) is 3.09. The van der Waals surface area contributed by atoms with E-state index in [9.17, 15) is 5.11 Å². The van der Waals surface area contributed by atoms with Crippen molar-refractivity contribution in [2.24, 2.45) is 5.92 Å². The number of aliphatic hydroxyl groups is 1. The molecule has 0 bridgehead atoms. The smallest absolute Gasteiger partial charge is 0.175 e. The van der Waals surface area contributed by atoms with Crippen LogP contribution in [0.15, 0.2) is 71.3 Å². The van der Waals surface area contributed by atoms with E-state index in [2.05, 4.69) is 40.0 Å². The number of rotatable bonds is 2. The van der Waals surface area contributed by atoms with Crippen LogP contribution in [0.2, 0.25) is 5.02 Å². The summed E-state index contributed by atoms with van der Waals surface area (Å²) in [6.45, 7) is 2.07. The van der Waals surface area contributed by atoms with E-state index in [1.807, 2.05) is 42.5 Å². The highest BCUT2D eigenvalue weighted by atomic mass is 79.9. The Morgan fingerprint density at radius 3 is 2.57 bits per heavy atom. The van der Waals surface area contributed by atoms with E-state index in [1.165, 1.54) is 0 Å². The van der Waals surface area contributed by atoms with Crippen molar-refractivity contribution in [3.05, 3.63) is 93.2 Å². The van der Waals surface area contributed by atoms with Crippen molar-refractivity contribution in [1.82, 2.24) is 4.98 Å². The zero-order chi connectivity index (χ0) is 19.5. The van der Waals surface area contributed by atoms with Gasteiger partial charge < -0.3 is 9.84 Å². The van der Waals surface area contributed by atoms with Crippen LogP contribution in [-0.2, 0) is 11.2 Å². The third kappa shape index (κ3) is 2.28. The fourth-order valence-corrected chi connectivity index (χ4v) is 5.48. The minimum atomic E-state index is -1.25. The van der Waals surface area contributed by atoms with Crippen LogP contribution in [0.5, 0.6) is 5.75 Å². The van der Waals surface area contributed by atoms with Crippen LogP contribution >= 0.6 is 27.5 Å². The molecule has 4 atom stereocenters. The summed E-state index contributed by atoms with van der Waals surface area (Å²) in [5.74, 6) is 0.490. The topological polar surface area (TPSA) is 42.4 Å².